The van der Waals surface area contributed by atoms with Crippen molar-refractivity contribution in [1.82, 2.24) is 9.97 Å². The van der Waals surface area contributed by atoms with Crippen LogP contribution in [0, 0.1) is 6.92 Å². The Balaban J connectivity index is 2.28. The fourth-order valence-corrected chi connectivity index (χ4v) is 1.97. The van der Waals surface area contributed by atoms with Crippen molar-refractivity contribution in [2.75, 3.05) is 0 Å². The van der Waals surface area contributed by atoms with Gasteiger partial charge in [0.25, 0.3) is 0 Å². The SMILES string of the molecule is CCC(=O)c1ccc(-c2nc(CC(=O)O)c(C)[nH]2)cc1. The molecule has 0 spiro atoms. The van der Waals surface area contributed by atoms with Crippen LogP contribution in [0.1, 0.15) is 35.1 Å². The molecule has 20 heavy (non-hydrogen) atoms. The number of benzene rings is 1. The molecule has 0 bridgehead atoms. The van der Waals surface area contributed by atoms with E-state index in [9.17, 15) is 9.59 Å². The molecule has 1 aromatic heterocycles. The number of rotatable bonds is 5. The van der Waals surface area contributed by atoms with Crippen molar-refractivity contribution in [2.45, 2.75) is 26.7 Å². The molecule has 0 aliphatic carbocycles. The Morgan fingerprint density at radius 1 is 1.25 bits per heavy atom. The van der Waals surface area contributed by atoms with E-state index in [-0.39, 0.29) is 12.2 Å². The number of hydrogen-bond acceptors (Lipinski definition) is 3. The maximum atomic E-state index is 11.6. The van der Waals surface area contributed by atoms with E-state index in [1.165, 1.54) is 0 Å². The summed E-state index contributed by atoms with van der Waals surface area (Å²) in [6.45, 7) is 3.62. The average Bonchev–Trinajstić information content (AvgIpc) is 2.79. The molecule has 0 atom stereocenters. The number of carboxylic acids is 1. The van der Waals surface area contributed by atoms with Gasteiger partial charge in [-0.3, -0.25) is 9.59 Å². The van der Waals surface area contributed by atoms with Gasteiger partial charge in [0.1, 0.15) is 5.82 Å². The molecule has 2 aromatic rings. The number of aryl methyl sites for hydroxylation is 1. The Hall–Kier alpha value is -2.43. The third-order valence-corrected chi connectivity index (χ3v) is 3.11. The second-order valence-electron chi connectivity index (χ2n) is 4.58. The van der Waals surface area contributed by atoms with Gasteiger partial charge in [0, 0.05) is 23.2 Å². The number of hydrogen-bond donors (Lipinski definition) is 2. The highest BCUT2D eigenvalue weighted by atomic mass is 16.4. The van der Waals surface area contributed by atoms with Gasteiger partial charge in [0.05, 0.1) is 12.1 Å². The number of nitrogens with one attached hydrogen (secondary N) is 1. The number of aromatic nitrogens is 2. The zero-order valence-electron chi connectivity index (χ0n) is 11.4. The molecular formula is C15H16N2O3. The summed E-state index contributed by atoms with van der Waals surface area (Å²) in [6, 6.07) is 7.14. The molecule has 0 saturated heterocycles. The standard InChI is InChI=1S/C15H16N2O3/c1-3-13(18)10-4-6-11(7-5-10)15-16-9(2)12(17-15)8-14(19)20/h4-7H,3,8H2,1-2H3,(H,16,17)(H,19,20). The molecule has 0 aliphatic heterocycles. The summed E-state index contributed by atoms with van der Waals surface area (Å²) < 4.78 is 0. The number of nitrogens with zero attached hydrogens (tertiary/aromatic N) is 1. The lowest BCUT2D eigenvalue weighted by atomic mass is 10.1. The first-order chi connectivity index (χ1) is 9.51. The molecule has 5 heteroatoms. The summed E-state index contributed by atoms with van der Waals surface area (Å²) in [7, 11) is 0. The van der Waals surface area contributed by atoms with Crippen LogP contribution in [-0.2, 0) is 11.2 Å². The number of carbonyl (C=O) groups is 2. The third kappa shape index (κ3) is 2.93. The van der Waals surface area contributed by atoms with E-state index in [0.717, 1.165) is 11.3 Å². The number of Topliss-reactive ketones (excluding diaryl/α,β-unsaturated/α-hetero) is 1. The number of imidazole rings is 1. The topological polar surface area (TPSA) is 83.1 Å². The number of carbonyl (C=O) groups excluding carboxylic acids is 1. The zero-order chi connectivity index (χ0) is 14.7. The maximum absolute atomic E-state index is 11.6. The molecule has 0 fully saturated rings. The summed E-state index contributed by atoms with van der Waals surface area (Å²) in [5.74, 6) is -0.192. The van der Waals surface area contributed by atoms with Crippen LogP contribution in [0.15, 0.2) is 24.3 Å². The van der Waals surface area contributed by atoms with Gasteiger partial charge in [0.15, 0.2) is 5.78 Å². The van der Waals surface area contributed by atoms with Gasteiger partial charge in [-0.15, -0.1) is 0 Å². The molecule has 0 amide bonds. The van der Waals surface area contributed by atoms with Crippen molar-refractivity contribution in [3.05, 3.63) is 41.2 Å². The fourth-order valence-electron chi connectivity index (χ4n) is 1.97. The van der Waals surface area contributed by atoms with E-state index in [1.54, 1.807) is 19.1 Å². The monoisotopic (exact) mass is 272 g/mol. The number of aromatic amines is 1. The van der Waals surface area contributed by atoms with Crippen LogP contribution in [0.2, 0.25) is 0 Å². The van der Waals surface area contributed by atoms with Gasteiger partial charge in [-0.1, -0.05) is 31.2 Å². The Morgan fingerprint density at radius 3 is 2.45 bits per heavy atom. The second kappa shape index (κ2) is 5.69. The van der Waals surface area contributed by atoms with Crippen LogP contribution in [0.25, 0.3) is 11.4 Å². The summed E-state index contributed by atoms with van der Waals surface area (Å²) in [6.07, 6.45) is 0.372. The average molecular weight is 272 g/mol. The van der Waals surface area contributed by atoms with E-state index >= 15 is 0 Å². The lowest BCUT2D eigenvalue weighted by molar-refractivity contribution is -0.136. The summed E-state index contributed by atoms with van der Waals surface area (Å²) in [4.78, 5) is 29.6. The molecule has 0 saturated carbocycles. The Kier molecular flexibility index (Phi) is 3.98. The van der Waals surface area contributed by atoms with E-state index in [1.807, 2.05) is 19.1 Å². The van der Waals surface area contributed by atoms with Crippen LogP contribution in [0.4, 0.5) is 0 Å². The Labute approximate surface area is 116 Å². The molecule has 2 rings (SSSR count). The molecular weight excluding hydrogens is 256 g/mol. The molecule has 0 aliphatic rings. The van der Waals surface area contributed by atoms with Crippen molar-refractivity contribution in [3.63, 3.8) is 0 Å². The van der Waals surface area contributed by atoms with Crippen LogP contribution >= 0.6 is 0 Å². The zero-order valence-corrected chi connectivity index (χ0v) is 11.4. The third-order valence-electron chi connectivity index (χ3n) is 3.11. The largest absolute Gasteiger partial charge is 0.481 e. The minimum atomic E-state index is -0.907. The molecule has 0 radical (unpaired) electrons. The molecule has 1 aromatic carbocycles. The lowest BCUT2D eigenvalue weighted by Gasteiger charge is -2.00. The first kappa shape index (κ1) is 14.0. The number of aliphatic carboxylic acids is 1. The predicted octanol–water partition coefficient (Wildman–Crippen LogP) is 2.60. The minimum absolute atomic E-state index is 0.0961. The van der Waals surface area contributed by atoms with Gasteiger partial charge in [-0.2, -0.15) is 0 Å². The van der Waals surface area contributed by atoms with E-state index in [0.29, 0.717) is 23.5 Å². The lowest BCUT2D eigenvalue weighted by Crippen LogP contribution is -2.01. The fraction of sp³-hybridized carbons (Fsp3) is 0.267. The Bertz CT molecular complexity index is 642. The van der Waals surface area contributed by atoms with Crippen LogP contribution in [0.5, 0.6) is 0 Å². The van der Waals surface area contributed by atoms with Gasteiger partial charge in [-0.05, 0) is 6.92 Å². The second-order valence-corrected chi connectivity index (χ2v) is 4.58. The normalized spacial score (nSPS) is 10.5. The first-order valence-electron chi connectivity index (χ1n) is 6.42. The predicted molar refractivity (Wildman–Crippen MR) is 74.7 cm³/mol. The van der Waals surface area contributed by atoms with Crippen LogP contribution in [0.3, 0.4) is 0 Å². The number of H-pyrrole nitrogens is 1. The summed E-state index contributed by atoms with van der Waals surface area (Å²) in [5.41, 5.74) is 2.78. The Morgan fingerprint density at radius 2 is 1.90 bits per heavy atom. The van der Waals surface area contributed by atoms with Crippen molar-refractivity contribution < 1.29 is 14.7 Å². The van der Waals surface area contributed by atoms with Gasteiger partial charge in [-0.25, -0.2) is 4.98 Å². The van der Waals surface area contributed by atoms with Crippen LogP contribution in [-0.4, -0.2) is 26.8 Å². The quantitative estimate of drug-likeness (QED) is 0.819. The molecule has 104 valence electrons. The maximum Gasteiger partial charge on any atom is 0.309 e. The molecule has 2 N–H and O–H groups in total. The highest BCUT2D eigenvalue weighted by Crippen LogP contribution is 2.19. The summed E-state index contributed by atoms with van der Waals surface area (Å²) in [5, 5.41) is 8.80. The van der Waals surface area contributed by atoms with Crippen molar-refractivity contribution >= 4 is 11.8 Å². The first-order valence-corrected chi connectivity index (χ1v) is 6.42. The minimum Gasteiger partial charge on any atom is -0.481 e. The van der Waals surface area contributed by atoms with E-state index in [4.69, 9.17) is 5.11 Å². The number of ketones is 1. The highest BCUT2D eigenvalue weighted by Gasteiger charge is 2.12. The van der Waals surface area contributed by atoms with Crippen molar-refractivity contribution in [1.29, 1.82) is 0 Å². The molecule has 1 heterocycles. The molecule has 0 unspecified atom stereocenters. The molecule has 5 nitrogen and oxygen atoms in total. The summed E-state index contributed by atoms with van der Waals surface area (Å²) >= 11 is 0. The van der Waals surface area contributed by atoms with Crippen molar-refractivity contribution in [2.24, 2.45) is 0 Å². The van der Waals surface area contributed by atoms with Crippen LogP contribution < -0.4 is 0 Å². The number of carboxylic acid groups (broad SMARTS) is 1. The van der Waals surface area contributed by atoms with Crippen molar-refractivity contribution in [3.8, 4) is 11.4 Å². The van der Waals surface area contributed by atoms with Gasteiger partial charge >= 0.3 is 5.97 Å². The van der Waals surface area contributed by atoms with E-state index < -0.39 is 5.97 Å². The van der Waals surface area contributed by atoms with E-state index in [2.05, 4.69) is 9.97 Å². The smallest absolute Gasteiger partial charge is 0.309 e. The van der Waals surface area contributed by atoms with Gasteiger partial charge in [0.2, 0.25) is 0 Å². The van der Waals surface area contributed by atoms with Gasteiger partial charge < -0.3 is 10.1 Å². The highest BCUT2D eigenvalue weighted by molar-refractivity contribution is 5.96.